The molecule has 0 radical (unpaired) electrons. The highest BCUT2D eigenvalue weighted by Gasteiger charge is 2.19. The summed E-state index contributed by atoms with van der Waals surface area (Å²) < 4.78 is 0. The maximum absolute atomic E-state index is 11.3. The van der Waals surface area contributed by atoms with Gasteiger partial charge in [-0.1, -0.05) is 6.08 Å². The largest absolute Gasteiger partial charge is 0.478 e. The summed E-state index contributed by atoms with van der Waals surface area (Å²) in [6, 6.07) is 0. The molecule has 86 valence electrons. The molecule has 0 bridgehead atoms. The minimum absolute atomic E-state index is 0.176. The fourth-order valence-corrected chi connectivity index (χ4v) is 2.35. The van der Waals surface area contributed by atoms with E-state index < -0.39 is 5.97 Å². The molecule has 1 rings (SSSR count). The quantitative estimate of drug-likeness (QED) is 0.793. The van der Waals surface area contributed by atoms with E-state index in [0.717, 1.165) is 4.88 Å². The molecule has 1 heterocycles. The van der Waals surface area contributed by atoms with Gasteiger partial charge in [0, 0.05) is 11.3 Å². The molecule has 4 nitrogen and oxygen atoms in total. The fourth-order valence-electron chi connectivity index (χ4n) is 1.28. The van der Waals surface area contributed by atoms with Gasteiger partial charge in [0.1, 0.15) is 5.00 Å². The number of hydrogen-bond donors (Lipinski definition) is 2. The number of amides is 1. The van der Waals surface area contributed by atoms with Crippen LogP contribution in [0.3, 0.4) is 0 Å². The molecule has 2 N–H and O–H groups in total. The molecule has 0 saturated carbocycles. The summed E-state index contributed by atoms with van der Waals surface area (Å²) in [5.41, 5.74) is 0.881. The standard InChI is InChI=1S/C11H13NO3S/c1-4-5-8(13)12-10-9(11(14)15)6(2)7(3)16-10/h4H,1,5H2,2-3H3,(H,12,13)(H,14,15). The van der Waals surface area contributed by atoms with Crippen molar-refractivity contribution in [2.75, 3.05) is 5.32 Å². The van der Waals surface area contributed by atoms with Crippen LogP contribution in [0.2, 0.25) is 0 Å². The van der Waals surface area contributed by atoms with Gasteiger partial charge in [-0.3, -0.25) is 4.79 Å². The molecule has 5 heteroatoms. The van der Waals surface area contributed by atoms with Gasteiger partial charge in [-0.2, -0.15) is 0 Å². The molecule has 0 atom stereocenters. The molecule has 0 aromatic carbocycles. The number of carbonyl (C=O) groups excluding carboxylic acids is 1. The summed E-state index contributed by atoms with van der Waals surface area (Å²) in [5.74, 6) is -1.27. The summed E-state index contributed by atoms with van der Waals surface area (Å²) >= 11 is 1.28. The van der Waals surface area contributed by atoms with E-state index in [9.17, 15) is 9.59 Å². The molecule has 0 saturated heterocycles. The smallest absolute Gasteiger partial charge is 0.338 e. The van der Waals surface area contributed by atoms with Gasteiger partial charge in [0.2, 0.25) is 5.91 Å². The number of aromatic carboxylic acids is 1. The highest BCUT2D eigenvalue weighted by molar-refractivity contribution is 7.16. The van der Waals surface area contributed by atoms with Crippen molar-refractivity contribution in [3.8, 4) is 0 Å². The zero-order chi connectivity index (χ0) is 12.3. The second-order valence-electron chi connectivity index (χ2n) is 3.33. The monoisotopic (exact) mass is 239 g/mol. The molecule has 0 aliphatic heterocycles. The number of thiophene rings is 1. The Kier molecular flexibility index (Phi) is 3.84. The first-order chi connectivity index (χ1) is 7.47. The van der Waals surface area contributed by atoms with Crippen molar-refractivity contribution >= 4 is 28.2 Å². The average Bonchev–Trinajstić information content (AvgIpc) is 2.42. The Hall–Kier alpha value is -1.62. The summed E-state index contributed by atoms with van der Waals surface area (Å²) in [6.45, 7) is 7.01. The minimum Gasteiger partial charge on any atom is -0.478 e. The number of anilines is 1. The predicted molar refractivity (Wildman–Crippen MR) is 64.2 cm³/mol. The van der Waals surface area contributed by atoms with Crippen LogP contribution in [0.25, 0.3) is 0 Å². The third-order valence-corrected chi connectivity index (χ3v) is 3.30. The first-order valence-electron chi connectivity index (χ1n) is 4.71. The van der Waals surface area contributed by atoms with Gasteiger partial charge in [0.15, 0.2) is 0 Å². The zero-order valence-corrected chi connectivity index (χ0v) is 9.98. The highest BCUT2D eigenvalue weighted by Crippen LogP contribution is 2.32. The van der Waals surface area contributed by atoms with Crippen LogP contribution in [0.1, 0.15) is 27.2 Å². The predicted octanol–water partition coefficient (Wildman–Crippen LogP) is 2.58. The van der Waals surface area contributed by atoms with Crippen LogP contribution < -0.4 is 5.32 Å². The van der Waals surface area contributed by atoms with E-state index in [0.29, 0.717) is 10.6 Å². The van der Waals surface area contributed by atoms with E-state index in [2.05, 4.69) is 11.9 Å². The number of carbonyl (C=O) groups is 2. The van der Waals surface area contributed by atoms with Crippen LogP contribution in [0.15, 0.2) is 12.7 Å². The number of hydrogen-bond acceptors (Lipinski definition) is 3. The van der Waals surface area contributed by atoms with Crippen molar-refractivity contribution in [2.45, 2.75) is 20.3 Å². The molecule has 16 heavy (non-hydrogen) atoms. The lowest BCUT2D eigenvalue weighted by Crippen LogP contribution is -2.12. The van der Waals surface area contributed by atoms with Gasteiger partial charge in [-0.05, 0) is 19.4 Å². The molecular formula is C11H13NO3S. The lowest BCUT2D eigenvalue weighted by atomic mass is 10.1. The van der Waals surface area contributed by atoms with Crippen molar-refractivity contribution in [1.29, 1.82) is 0 Å². The van der Waals surface area contributed by atoms with E-state index in [4.69, 9.17) is 5.11 Å². The third-order valence-electron chi connectivity index (χ3n) is 2.18. The number of aryl methyl sites for hydroxylation is 1. The Balaban J connectivity index is 3.04. The van der Waals surface area contributed by atoms with E-state index in [1.54, 1.807) is 6.92 Å². The van der Waals surface area contributed by atoms with Crippen LogP contribution in [0.5, 0.6) is 0 Å². The lowest BCUT2D eigenvalue weighted by Gasteiger charge is -2.02. The molecule has 1 aromatic rings. The Bertz CT molecular complexity index is 448. The van der Waals surface area contributed by atoms with Gasteiger partial charge in [0.05, 0.1) is 5.56 Å². The van der Waals surface area contributed by atoms with E-state index in [1.807, 2.05) is 6.92 Å². The van der Waals surface area contributed by atoms with Crippen molar-refractivity contribution in [3.63, 3.8) is 0 Å². The molecule has 1 aromatic heterocycles. The van der Waals surface area contributed by atoms with Gasteiger partial charge in [-0.25, -0.2) is 4.79 Å². The molecule has 0 spiro atoms. The van der Waals surface area contributed by atoms with Gasteiger partial charge < -0.3 is 10.4 Å². The zero-order valence-electron chi connectivity index (χ0n) is 9.16. The molecule has 0 unspecified atom stereocenters. The number of nitrogens with one attached hydrogen (secondary N) is 1. The average molecular weight is 239 g/mol. The van der Waals surface area contributed by atoms with Crippen LogP contribution >= 0.6 is 11.3 Å². The van der Waals surface area contributed by atoms with Gasteiger partial charge in [-0.15, -0.1) is 17.9 Å². The second kappa shape index (κ2) is 4.94. The Morgan fingerprint density at radius 2 is 2.12 bits per heavy atom. The van der Waals surface area contributed by atoms with Crippen LogP contribution in [0, 0.1) is 13.8 Å². The Morgan fingerprint density at radius 3 is 2.62 bits per heavy atom. The van der Waals surface area contributed by atoms with Crippen LogP contribution in [-0.2, 0) is 4.79 Å². The van der Waals surface area contributed by atoms with Gasteiger partial charge in [0.25, 0.3) is 0 Å². The molecule has 0 aliphatic carbocycles. The SMILES string of the molecule is C=CCC(=O)Nc1sc(C)c(C)c1C(=O)O. The van der Waals surface area contributed by atoms with E-state index >= 15 is 0 Å². The Labute approximate surface area is 97.6 Å². The van der Waals surface area contributed by atoms with Crippen molar-refractivity contribution in [1.82, 2.24) is 0 Å². The molecule has 1 amide bonds. The first-order valence-corrected chi connectivity index (χ1v) is 5.53. The molecule has 0 fully saturated rings. The summed E-state index contributed by atoms with van der Waals surface area (Å²) in [4.78, 5) is 23.3. The fraction of sp³-hybridized carbons (Fsp3) is 0.273. The number of carboxylic acids is 1. The van der Waals surface area contributed by atoms with Crippen LogP contribution in [-0.4, -0.2) is 17.0 Å². The summed E-state index contributed by atoms with van der Waals surface area (Å²) in [5, 5.41) is 12.0. The maximum atomic E-state index is 11.3. The normalized spacial score (nSPS) is 9.88. The van der Waals surface area contributed by atoms with Crippen LogP contribution in [0.4, 0.5) is 5.00 Å². The highest BCUT2D eigenvalue weighted by atomic mass is 32.1. The number of rotatable bonds is 4. The minimum atomic E-state index is -1.02. The first kappa shape index (κ1) is 12.4. The summed E-state index contributed by atoms with van der Waals surface area (Å²) in [6.07, 6.45) is 1.65. The van der Waals surface area contributed by atoms with Crippen molar-refractivity contribution < 1.29 is 14.7 Å². The Morgan fingerprint density at radius 1 is 1.50 bits per heavy atom. The van der Waals surface area contributed by atoms with E-state index in [1.165, 1.54) is 17.4 Å². The maximum Gasteiger partial charge on any atom is 0.338 e. The molecular weight excluding hydrogens is 226 g/mol. The van der Waals surface area contributed by atoms with Crippen molar-refractivity contribution in [3.05, 3.63) is 28.7 Å². The van der Waals surface area contributed by atoms with E-state index in [-0.39, 0.29) is 17.9 Å². The van der Waals surface area contributed by atoms with Gasteiger partial charge >= 0.3 is 5.97 Å². The van der Waals surface area contributed by atoms with Crippen molar-refractivity contribution in [2.24, 2.45) is 0 Å². The summed E-state index contributed by atoms with van der Waals surface area (Å²) in [7, 11) is 0. The topological polar surface area (TPSA) is 66.4 Å². The second-order valence-corrected chi connectivity index (χ2v) is 4.56. The number of carboxylic acid groups (broad SMARTS) is 1. The third kappa shape index (κ3) is 2.49. The molecule has 0 aliphatic rings. The lowest BCUT2D eigenvalue weighted by molar-refractivity contribution is -0.115.